The van der Waals surface area contributed by atoms with Crippen molar-refractivity contribution in [2.75, 3.05) is 17.1 Å². The van der Waals surface area contributed by atoms with Gasteiger partial charge in [0.2, 0.25) is 15.9 Å². The van der Waals surface area contributed by atoms with E-state index in [1.165, 1.54) is 0 Å². The summed E-state index contributed by atoms with van der Waals surface area (Å²) in [6, 6.07) is 10.7. The first-order valence-corrected chi connectivity index (χ1v) is 10.9. The summed E-state index contributed by atoms with van der Waals surface area (Å²) in [5.41, 5.74) is -0.192. The quantitative estimate of drug-likeness (QED) is 0.676. The number of carbonyl (C=O) groups is 1. The zero-order valence-corrected chi connectivity index (χ0v) is 17.5. The van der Waals surface area contributed by atoms with Crippen molar-refractivity contribution in [3.63, 3.8) is 0 Å². The molecule has 0 aromatic heterocycles. The van der Waals surface area contributed by atoms with Crippen molar-refractivity contribution in [1.82, 2.24) is 5.32 Å². The first kappa shape index (κ1) is 23.5. The molecular weight excluding hydrogens is 421 g/mol. The molecule has 0 aliphatic rings. The Balaban J connectivity index is 2.08. The highest BCUT2D eigenvalue weighted by Crippen LogP contribution is 2.30. The molecule has 6 nitrogen and oxygen atoms in total. The molecular formula is C20H23F3N2O4S. The van der Waals surface area contributed by atoms with Gasteiger partial charge in [-0.25, -0.2) is 8.42 Å². The standard InChI is InChI=1S/C20H23F3N2O4S/c1-14(2)29-18-6-4-5-15(11-18)12-24-19(26)13-25(30(3,27)28)17-9-7-16(8-10-17)20(21,22)23/h4-11,14H,12-13H2,1-3H3,(H,24,26). The number of nitrogens with zero attached hydrogens (tertiary/aromatic N) is 1. The number of ether oxygens (including phenoxy) is 1. The number of nitrogens with one attached hydrogen (secondary N) is 1. The highest BCUT2D eigenvalue weighted by molar-refractivity contribution is 7.92. The Kier molecular flexibility index (Phi) is 7.35. The molecule has 1 amide bonds. The van der Waals surface area contributed by atoms with Crippen molar-refractivity contribution >= 4 is 21.6 Å². The zero-order chi connectivity index (χ0) is 22.5. The molecule has 0 bridgehead atoms. The molecule has 0 heterocycles. The van der Waals surface area contributed by atoms with Crippen LogP contribution in [-0.2, 0) is 27.5 Å². The summed E-state index contributed by atoms with van der Waals surface area (Å²) in [6.45, 7) is 3.34. The number of sulfonamides is 1. The van der Waals surface area contributed by atoms with Crippen molar-refractivity contribution in [3.8, 4) is 5.75 Å². The van der Waals surface area contributed by atoms with Gasteiger partial charge in [0.05, 0.1) is 23.6 Å². The molecule has 0 fully saturated rings. The van der Waals surface area contributed by atoms with Crippen LogP contribution in [0.3, 0.4) is 0 Å². The fourth-order valence-electron chi connectivity index (χ4n) is 2.60. The van der Waals surface area contributed by atoms with Gasteiger partial charge in [0.25, 0.3) is 0 Å². The third kappa shape index (κ3) is 6.94. The topological polar surface area (TPSA) is 75.7 Å². The van der Waals surface area contributed by atoms with E-state index in [4.69, 9.17) is 4.74 Å². The van der Waals surface area contributed by atoms with Crippen LogP contribution in [-0.4, -0.2) is 33.2 Å². The largest absolute Gasteiger partial charge is 0.491 e. The van der Waals surface area contributed by atoms with Crippen LogP contribution in [0, 0.1) is 0 Å². The van der Waals surface area contributed by atoms with Crippen LogP contribution < -0.4 is 14.4 Å². The Hall–Kier alpha value is -2.75. The predicted molar refractivity (Wildman–Crippen MR) is 108 cm³/mol. The van der Waals surface area contributed by atoms with E-state index in [-0.39, 0.29) is 18.3 Å². The normalized spacial score (nSPS) is 12.0. The highest BCUT2D eigenvalue weighted by Gasteiger charge is 2.30. The number of hydrogen-bond donors (Lipinski definition) is 1. The third-order valence-corrected chi connectivity index (χ3v) is 5.07. The summed E-state index contributed by atoms with van der Waals surface area (Å²) in [4.78, 5) is 12.3. The monoisotopic (exact) mass is 444 g/mol. The molecule has 2 rings (SSSR count). The molecule has 0 saturated carbocycles. The molecule has 0 saturated heterocycles. The van der Waals surface area contributed by atoms with E-state index in [0.29, 0.717) is 5.75 Å². The van der Waals surface area contributed by atoms with E-state index in [0.717, 1.165) is 40.4 Å². The predicted octanol–water partition coefficient (Wildman–Crippen LogP) is 3.58. The van der Waals surface area contributed by atoms with Gasteiger partial charge in [-0.2, -0.15) is 13.2 Å². The smallest absolute Gasteiger partial charge is 0.416 e. The van der Waals surface area contributed by atoms with Crippen molar-refractivity contribution in [3.05, 3.63) is 59.7 Å². The summed E-state index contributed by atoms with van der Waals surface area (Å²) in [7, 11) is -3.89. The van der Waals surface area contributed by atoms with Crippen LogP contribution >= 0.6 is 0 Å². The summed E-state index contributed by atoms with van der Waals surface area (Å²) >= 11 is 0. The van der Waals surface area contributed by atoms with Crippen molar-refractivity contribution in [1.29, 1.82) is 0 Å². The second-order valence-electron chi connectivity index (χ2n) is 6.91. The number of anilines is 1. The summed E-state index contributed by atoms with van der Waals surface area (Å²) in [5.74, 6) is 0.0368. The Morgan fingerprint density at radius 2 is 1.77 bits per heavy atom. The number of carbonyl (C=O) groups excluding carboxylic acids is 1. The average Bonchev–Trinajstić information content (AvgIpc) is 2.63. The van der Waals surface area contributed by atoms with Gasteiger partial charge in [-0.3, -0.25) is 9.10 Å². The van der Waals surface area contributed by atoms with Crippen molar-refractivity contribution in [2.24, 2.45) is 0 Å². The summed E-state index contributed by atoms with van der Waals surface area (Å²) in [6.07, 6.45) is -3.67. The van der Waals surface area contributed by atoms with E-state index in [9.17, 15) is 26.4 Å². The van der Waals surface area contributed by atoms with Crippen LogP contribution in [0.15, 0.2) is 48.5 Å². The van der Waals surface area contributed by atoms with Gasteiger partial charge in [-0.15, -0.1) is 0 Å². The molecule has 2 aromatic carbocycles. The minimum atomic E-state index is -4.54. The Bertz CT molecular complexity index is 974. The molecule has 0 aliphatic heterocycles. The Morgan fingerprint density at radius 1 is 1.13 bits per heavy atom. The van der Waals surface area contributed by atoms with Gasteiger partial charge in [0.15, 0.2) is 0 Å². The van der Waals surface area contributed by atoms with Gasteiger partial charge in [-0.1, -0.05) is 12.1 Å². The van der Waals surface area contributed by atoms with Crippen LogP contribution in [0.25, 0.3) is 0 Å². The van der Waals surface area contributed by atoms with Crippen LogP contribution in [0.2, 0.25) is 0 Å². The minimum Gasteiger partial charge on any atom is -0.491 e. The van der Waals surface area contributed by atoms with Gasteiger partial charge in [-0.05, 0) is 55.8 Å². The first-order chi connectivity index (χ1) is 13.9. The van der Waals surface area contributed by atoms with Gasteiger partial charge >= 0.3 is 6.18 Å². The van der Waals surface area contributed by atoms with Crippen molar-refractivity contribution in [2.45, 2.75) is 32.7 Å². The average molecular weight is 444 g/mol. The van der Waals surface area contributed by atoms with Crippen LogP contribution in [0.1, 0.15) is 25.0 Å². The van der Waals surface area contributed by atoms with E-state index in [1.807, 2.05) is 13.8 Å². The maximum Gasteiger partial charge on any atom is 0.416 e. The summed E-state index contributed by atoms with van der Waals surface area (Å²) < 4.78 is 68.6. The second-order valence-corrected chi connectivity index (χ2v) is 8.81. The fourth-order valence-corrected chi connectivity index (χ4v) is 3.46. The highest BCUT2D eigenvalue weighted by atomic mass is 32.2. The number of halogens is 3. The molecule has 0 spiro atoms. The van der Waals surface area contributed by atoms with E-state index < -0.39 is 34.2 Å². The van der Waals surface area contributed by atoms with E-state index >= 15 is 0 Å². The lowest BCUT2D eigenvalue weighted by Crippen LogP contribution is -2.40. The van der Waals surface area contributed by atoms with Gasteiger partial charge in [0.1, 0.15) is 12.3 Å². The van der Waals surface area contributed by atoms with Crippen LogP contribution in [0.4, 0.5) is 18.9 Å². The van der Waals surface area contributed by atoms with E-state index in [2.05, 4.69) is 5.32 Å². The molecule has 10 heteroatoms. The van der Waals surface area contributed by atoms with Gasteiger partial charge in [0, 0.05) is 6.54 Å². The first-order valence-electron chi connectivity index (χ1n) is 9.03. The lowest BCUT2D eigenvalue weighted by Gasteiger charge is -2.22. The van der Waals surface area contributed by atoms with Gasteiger partial charge < -0.3 is 10.1 Å². The maximum atomic E-state index is 12.7. The molecule has 1 N–H and O–H groups in total. The number of rotatable bonds is 8. The molecule has 0 aliphatic carbocycles. The number of amides is 1. The molecule has 0 radical (unpaired) electrons. The minimum absolute atomic E-state index is 0.0121. The van der Waals surface area contributed by atoms with Crippen LogP contribution in [0.5, 0.6) is 5.75 Å². The molecule has 2 aromatic rings. The number of hydrogen-bond acceptors (Lipinski definition) is 4. The molecule has 30 heavy (non-hydrogen) atoms. The SMILES string of the molecule is CC(C)Oc1cccc(CNC(=O)CN(c2ccc(C(F)(F)F)cc2)S(C)(=O)=O)c1. The molecule has 164 valence electrons. The summed E-state index contributed by atoms with van der Waals surface area (Å²) in [5, 5.41) is 2.61. The Labute approximate surface area is 173 Å². The number of benzene rings is 2. The lowest BCUT2D eigenvalue weighted by atomic mass is 10.2. The fraction of sp³-hybridized carbons (Fsp3) is 0.350. The van der Waals surface area contributed by atoms with Crippen molar-refractivity contribution < 1.29 is 31.1 Å². The Morgan fingerprint density at radius 3 is 2.30 bits per heavy atom. The number of alkyl halides is 3. The molecule has 0 unspecified atom stereocenters. The molecule has 0 atom stereocenters. The maximum absolute atomic E-state index is 12.7. The zero-order valence-electron chi connectivity index (χ0n) is 16.7. The third-order valence-electron chi connectivity index (χ3n) is 3.93. The second kappa shape index (κ2) is 9.38. The lowest BCUT2D eigenvalue weighted by molar-refractivity contribution is -0.137. The van der Waals surface area contributed by atoms with E-state index in [1.54, 1.807) is 24.3 Å².